The van der Waals surface area contributed by atoms with Gasteiger partial charge in [-0.15, -0.1) is 0 Å². The van der Waals surface area contributed by atoms with Crippen LogP contribution in [0.4, 0.5) is 0 Å². The second-order valence-electron chi connectivity index (χ2n) is 7.12. The van der Waals surface area contributed by atoms with Crippen molar-refractivity contribution >= 4 is 38.8 Å². The van der Waals surface area contributed by atoms with Gasteiger partial charge in [-0.25, -0.2) is 9.78 Å². The molecule has 7 nitrogen and oxygen atoms in total. The lowest BCUT2D eigenvalue weighted by molar-refractivity contribution is 0.0526. The molecular weight excluding hydrogens is 476 g/mol. The molecule has 0 radical (unpaired) electrons. The van der Waals surface area contributed by atoms with Crippen LogP contribution in [0.5, 0.6) is 0 Å². The predicted octanol–water partition coefficient (Wildman–Crippen LogP) is 4.79. The minimum absolute atomic E-state index is 0.0156. The van der Waals surface area contributed by atoms with Gasteiger partial charge in [0.1, 0.15) is 23.0 Å². The van der Waals surface area contributed by atoms with Gasteiger partial charge in [-0.05, 0) is 37.1 Å². The number of hydrogen-bond acceptors (Lipinski definition) is 6. The number of fused-ring (bicyclic) bond motifs is 1. The van der Waals surface area contributed by atoms with E-state index in [9.17, 15) is 14.4 Å². The highest BCUT2D eigenvalue weighted by Gasteiger charge is 2.24. The van der Waals surface area contributed by atoms with Gasteiger partial charge in [-0.3, -0.25) is 14.2 Å². The lowest BCUT2D eigenvalue weighted by Crippen LogP contribution is -2.25. The van der Waals surface area contributed by atoms with Crippen molar-refractivity contribution in [3.05, 3.63) is 86.6 Å². The first kappa shape index (κ1) is 21.7. The maximum absolute atomic E-state index is 13.0. The summed E-state index contributed by atoms with van der Waals surface area (Å²) in [4.78, 5) is 42.2. The minimum atomic E-state index is -0.657. The minimum Gasteiger partial charge on any atom is -0.462 e. The number of benzene rings is 2. The number of carbonyl (C=O) groups excluding carboxylic acids is 2. The number of hydrogen-bond donors (Lipinski definition) is 0. The highest BCUT2D eigenvalue weighted by atomic mass is 79.9. The van der Waals surface area contributed by atoms with Crippen molar-refractivity contribution in [2.24, 2.45) is 0 Å². The van der Waals surface area contributed by atoms with Gasteiger partial charge in [0, 0.05) is 10.0 Å². The Morgan fingerprint density at radius 3 is 2.31 bits per heavy atom. The van der Waals surface area contributed by atoms with E-state index in [1.807, 2.05) is 36.4 Å². The summed E-state index contributed by atoms with van der Waals surface area (Å²) >= 11 is 3.41. The average molecular weight is 495 g/mol. The van der Waals surface area contributed by atoms with Crippen molar-refractivity contribution < 1.29 is 18.7 Å². The second-order valence-corrected chi connectivity index (χ2v) is 8.03. The van der Waals surface area contributed by atoms with Crippen LogP contribution in [0.1, 0.15) is 33.4 Å². The number of carbonyl (C=O) groups is 2. The summed E-state index contributed by atoms with van der Waals surface area (Å²) in [6, 6.07) is 15.0. The van der Waals surface area contributed by atoms with Crippen molar-refractivity contribution in [2.45, 2.75) is 20.4 Å². The van der Waals surface area contributed by atoms with Gasteiger partial charge in [0.2, 0.25) is 5.71 Å². The number of Topliss-reactive ketones (excluding diaryl/α,β-unsaturated/α-hetero) is 1. The largest absolute Gasteiger partial charge is 0.462 e. The Hall–Kier alpha value is -3.52. The smallest absolute Gasteiger partial charge is 0.342 e. The van der Waals surface area contributed by atoms with Crippen molar-refractivity contribution in [3.63, 3.8) is 0 Å². The lowest BCUT2D eigenvalue weighted by atomic mass is 10.0. The molecule has 0 spiro atoms. The third kappa shape index (κ3) is 4.13. The molecule has 32 heavy (non-hydrogen) atoms. The zero-order chi connectivity index (χ0) is 22.8. The van der Waals surface area contributed by atoms with Crippen molar-refractivity contribution in [2.75, 3.05) is 6.61 Å². The molecule has 162 valence electrons. The number of halogens is 1. The molecule has 4 rings (SSSR count). The van der Waals surface area contributed by atoms with E-state index in [0.29, 0.717) is 5.56 Å². The molecule has 0 atom stereocenters. The highest BCUT2D eigenvalue weighted by molar-refractivity contribution is 9.10. The van der Waals surface area contributed by atoms with Gasteiger partial charge in [0.15, 0.2) is 5.78 Å². The average Bonchev–Trinajstić information content (AvgIpc) is 3.13. The maximum atomic E-state index is 13.0. The third-order valence-corrected chi connectivity index (χ3v) is 5.56. The Balaban J connectivity index is 1.62. The van der Waals surface area contributed by atoms with Crippen LogP contribution in [-0.4, -0.2) is 27.9 Å². The molecule has 0 fully saturated rings. The van der Waals surface area contributed by atoms with Gasteiger partial charge < -0.3 is 9.15 Å². The summed E-state index contributed by atoms with van der Waals surface area (Å²) in [6.45, 7) is 3.18. The Labute approximate surface area is 191 Å². The first-order valence-corrected chi connectivity index (χ1v) is 10.7. The van der Waals surface area contributed by atoms with Crippen molar-refractivity contribution in [1.29, 1.82) is 0 Å². The van der Waals surface area contributed by atoms with Crippen LogP contribution in [0.15, 0.2) is 68.5 Å². The molecule has 0 saturated carbocycles. The summed E-state index contributed by atoms with van der Waals surface area (Å²) in [5.41, 5.74) is 2.02. The van der Waals surface area contributed by atoms with E-state index in [0.717, 1.165) is 15.6 Å². The number of furan rings is 1. The lowest BCUT2D eigenvalue weighted by Gasteiger charge is -2.07. The molecule has 4 aromatic rings. The van der Waals surface area contributed by atoms with Crippen LogP contribution < -0.4 is 5.56 Å². The van der Waals surface area contributed by atoms with Gasteiger partial charge in [-0.1, -0.05) is 52.3 Å². The Morgan fingerprint density at radius 1 is 1.06 bits per heavy atom. The van der Waals surface area contributed by atoms with E-state index >= 15 is 0 Å². The van der Waals surface area contributed by atoms with E-state index in [2.05, 4.69) is 20.9 Å². The van der Waals surface area contributed by atoms with Crippen molar-refractivity contribution in [1.82, 2.24) is 9.55 Å². The van der Waals surface area contributed by atoms with Crippen LogP contribution in [0, 0.1) is 6.92 Å². The van der Waals surface area contributed by atoms with E-state index in [-0.39, 0.29) is 41.4 Å². The quantitative estimate of drug-likeness (QED) is 0.282. The van der Waals surface area contributed by atoms with E-state index in [1.54, 1.807) is 26.0 Å². The predicted molar refractivity (Wildman–Crippen MR) is 123 cm³/mol. The zero-order valence-electron chi connectivity index (χ0n) is 17.4. The topological polar surface area (TPSA) is 91.4 Å². The normalized spacial score (nSPS) is 11.0. The van der Waals surface area contributed by atoms with Crippen LogP contribution in [-0.2, 0) is 11.3 Å². The number of aromatic nitrogens is 2. The molecule has 2 heterocycles. The fraction of sp³-hybridized carbons (Fsp3) is 0.167. The fourth-order valence-corrected chi connectivity index (χ4v) is 3.70. The summed E-state index contributed by atoms with van der Waals surface area (Å²) in [6.07, 6.45) is 1.25. The van der Waals surface area contributed by atoms with Crippen LogP contribution in [0.3, 0.4) is 0 Å². The second kappa shape index (κ2) is 8.92. The maximum Gasteiger partial charge on any atom is 0.342 e. The molecule has 0 saturated heterocycles. The number of ether oxygens (including phenoxy) is 1. The first-order chi connectivity index (χ1) is 15.4. The van der Waals surface area contributed by atoms with Crippen molar-refractivity contribution in [3.8, 4) is 11.1 Å². The molecule has 0 aliphatic heterocycles. The van der Waals surface area contributed by atoms with Crippen LogP contribution >= 0.6 is 15.9 Å². The number of ketones is 1. The number of aryl methyl sites for hydroxylation is 1. The summed E-state index contributed by atoms with van der Waals surface area (Å²) in [5.74, 6) is -0.667. The summed E-state index contributed by atoms with van der Waals surface area (Å²) < 4.78 is 12.6. The summed E-state index contributed by atoms with van der Waals surface area (Å²) in [5, 5.41) is 0.0156. The van der Waals surface area contributed by atoms with Gasteiger partial charge in [-0.2, -0.15) is 0 Å². The molecule has 0 amide bonds. The zero-order valence-corrected chi connectivity index (χ0v) is 19.0. The Bertz CT molecular complexity index is 1370. The van der Waals surface area contributed by atoms with Gasteiger partial charge in [0.25, 0.3) is 5.56 Å². The SMILES string of the molecule is CCOC(=O)c1c(C)oc2ncn(CC(=O)c3ccc(-c4ccc(Br)cc4)cc3)c(=O)c12. The van der Waals surface area contributed by atoms with E-state index in [1.165, 1.54) is 10.9 Å². The molecular formula is C24H19BrN2O5. The van der Waals surface area contributed by atoms with Crippen LogP contribution in [0.2, 0.25) is 0 Å². The standard InChI is InChI=1S/C24H19BrN2O5/c1-3-31-24(30)20-14(2)32-22-21(20)23(29)27(13-26-22)12-19(28)17-6-4-15(5-7-17)16-8-10-18(25)11-9-16/h4-11,13H,3,12H2,1-2H3. The van der Waals surface area contributed by atoms with E-state index in [4.69, 9.17) is 9.15 Å². The van der Waals surface area contributed by atoms with Gasteiger partial charge in [0.05, 0.1) is 13.2 Å². The molecule has 0 aliphatic carbocycles. The molecule has 0 bridgehead atoms. The molecule has 0 aliphatic rings. The Morgan fingerprint density at radius 2 is 1.69 bits per heavy atom. The summed E-state index contributed by atoms with van der Waals surface area (Å²) in [7, 11) is 0. The molecule has 2 aromatic heterocycles. The highest BCUT2D eigenvalue weighted by Crippen LogP contribution is 2.23. The van der Waals surface area contributed by atoms with Crippen LogP contribution in [0.25, 0.3) is 22.2 Å². The Kier molecular flexibility index (Phi) is 6.05. The van der Waals surface area contributed by atoms with E-state index < -0.39 is 11.5 Å². The number of rotatable bonds is 6. The first-order valence-electron chi connectivity index (χ1n) is 9.94. The monoisotopic (exact) mass is 494 g/mol. The number of nitrogens with zero attached hydrogens (tertiary/aromatic N) is 2. The third-order valence-electron chi connectivity index (χ3n) is 5.03. The number of esters is 1. The molecule has 0 unspecified atom stereocenters. The fourth-order valence-electron chi connectivity index (χ4n) is 3.44. The molecule has 0 N–H and O–H groups in total. The molecule has 2 aromatic carbocycles. The van der Waals surface area contributed by atoms with Gasteiger partial charge >= 0.3 is 5.97 Å². The molecule has 8 heteroatoms.